The number of primary sulfonamides is 1. The number of nitrogens with two attached hydrogens (primary N) is 2. The topological polar surface area (TPSA) is 133 Å². The summed E-state index contributed by atoms with van der Waals surface area (Å²) in [6.07, 6.45) is 0. The van der Waals surface area contributed by atoms with Crippen molar-refractivity contribution in [2.24, 2.45) is 15.9 Å². The van der Waals surface area contributed by atoms with Crippen LogP contribution in [0.4, 0.5) is 0 Å². The maximum absolute atomic E-state index is 10.9. The van der Waals surface area contributed by atoms with Crippen molar-refractivity contribution in [1.29, 1.82) is 0 Å². The lowest BCUT2D eigenvalue weighted by Crippen LogP contribution is -2.22. The van der Waals surface area contributed by atoms with Gasteiger partial charge in [-0.05, 0) is 0 Å². The Hall–Kier alpha value is -1.10. The molecule has 0 aliphatic carbocycles. The predicted molar refractivity (Wildman–Crippen MR) is 51.9 cm³/mol. The smallest absolute Gasteiger partial charge is 0.267 e. The van der Waals surface area contributed by atoms with Crippen molar-refractivity contribution in [2.45, 2.75) is 17.9 Å². The molecule has 1 heterocycles. The van der Waals surface area contributed by atoms with Crippen molar-refractivity contribution >= 4 is 27.3 Å². The van der Waals surface area contributed by atoms with Crippen LogP contribution in [0.25, 0.3) is 0 Å². The van der Waals surface area contributed by atoms with Crippen molar-refractivity contribution in [1.82, 2.24) is 9.78 Å². The highest BCUT2D eigenvalue weighted by molar-refractivity contribution is 7.91. The summed E-state index contributed by atoms with van der Waals surface area (Å²) in [6, 6.07) is 0. The van der Waals surface area contributed by atoms with Crippen molar-refractivity contribution in [3.8, 4) is 0 Å². The molecule has 1 aromatic rings. The van der Waals surface area contributed by atoms with E-state index in [9.17, 15) is 13.2 Å². The van der Waals surface area contributed by atoms with Crippen LogP contribution in [0.2, 0.25) is 0 Å². The van der Waals surface area contributed by atoms with Gasteiger partial charge in [-0.1, -0.05) is 11.3 Å². The lowest BCUT2D eigenvalue weighted by Gasteiger charge is -1.91. The fourth-order valence-electron chi connectivity index (χ4n) is 0.742. The van der Waals surface area contributed by atoms with E-state index in [1.807, 2.05) is 0 Å². The molecule has 0 aromatic carbocycles. The lowest BCUT2D eigenvalue weighted by molar-refractivity contribution is -0.116. The number of aromatic nitrogens is 2. The maximum atomic E-state index is 10.9. The van der Waals surface area contributed by atoms with Gasteiger partial charge in [0.1, 0.15) is 0 Å². The standard InChI is InChI=1S/C5H9N5O3S2/c1-3(11)8-4-10(2-6)9-5(14-4)15(7,12)13/h2,6H2,1H3,(H2,7,12,13). The largest absolute Gasteiger partial charge is 0.312 e. The molecule has 10 heteroatoms. The average molecular weight is 251 g/mol. The molecule has 15 heavy (non-hydrogen) atoms. The van der Waals surface area contributed by atoms with E-state index >= 15 is 0 Å². The summed E-state index contributed by atoms with van der Waals surface area (Å²) < 4.78 is 22.7. The molecule has 0 aliphatic heterocycles. The lowest BCUT2D eigenvalue weighted by atomic mass is 10.8. The zero-order chi connectivity index (χ0) is 11.6. The van der Waals surface area contributed by atoms with Gasteiger partial charge in [0, 0.05) is 6.92 Å². The van der Waals surface area contributed by atoms with Gasteiger partial charge in [-0.25, -0.2) is 18.2 Å². The van der Waals surface area contributed by atoms with E-state index in [0.717, 1.165) is 4.68 Å². The number of carbonyl (C=O) groups is 1. The number of hydrogen-bond donors (Lipinski definition) is 2. The van der Waals surface area contributed by atoms with E-state index < -0.39 is 15.9 Å². The summed E-state index contributed by atoms with van der Waals surface area (Å²) in [5, 5.41) is 8.47. The first-order valence-corrected chi connectivity index (χ1v) is 6.07. The van der Waals surface area contributed by atoms with E-state index in [2.05, 4.69) is 10.1 Å². The minimum absolute atomic E-state index is 0.0852. The van der Waals surface area contributed by atoms with Crippen molar-refractivity contribution < 1.29 is 13.2 Å². The minimum Gasteiger partial charge on any atom is -0.312 e. The third kappa shape index (κ3) is 2.92. The van der Waals surface area contributed by atoms with Gasteiger partial charge < -0.3 is 5.73 Å². The monoisotopic (exact) mass is 251 g/mol. The highest BCUT2D eigenvalue weighted by Gasteiger charge is 2.15. The second kappa shape index (κ2) is 4.18. The molecule has 1 aromatic heterocycles. The summed E-state index contributed by atoms with van der Waals surface area (Å²) in [7, 11) is -3.89. The highest BCUT2D eigenvalue weighted by atomic mass is 32.2. The van der Waals surface area contributed by atoms with E-state index in [1.165, 1.54) is 6.92 Å². The molecule has 0 saturated heterocycles. The fourth-order valence-corrected chi connectivity index (χ4v) is 2.33. The number of rotatable bonds is 2. The van der Waals surface area contributed by atoms with E-state index in [-0.39, 0.29) is 15.8 Å². The third-order valence-corrected chi connectivity index (χ3v) is 3.53. The molecule has 0 aliphatic rings. The Bertz CT molecular complexity index is 539. The summed E-state index contributed by atoms with van der Waals surface area (Å²) in [5.74, 6) is -0.471. The third-order valence-electron chi connectivity index (χ3n) is 1.27. The van der Waals surface area contributed by atoms with Gasteiger partial charge in [0.2, 0.25) is 15.0 Å². The quantitative estimate of drug-likeness (QED) is 0.624. The van der Waals surface area contributed by atoms with Crippen LogP contribution in [-0.2, 0) is 21.5 Å². The number of nitrogens with zero attached hydrogens (tertiary/aromatic N) is 3. The van der Waals surface area contributed by atoms with Gasteiger partial charge in [-0.15, -0.1) is 5.10 Å². The maximum Gasteiger partial charge on any atom is 0.267 e. The Morgan fingerprint density at radius 1 is 1.67 bits per heavy atom. The Balaban J connectivity index is 3.43. The van der Waals surface area contributed by atoms with E-state index in [0.29, 0.717) is 11.3 Å². The Morgan fingerprint density at radius 3 is 2.67 bits per heavy atom. The molecule has 84 valence electrons. The molecule has 0 bridgehead atoms. The summed E-state index contributed by atoms with van der Waals surface area (Å²) in [6.45, 7) is 1.15. The van der Waals surface area contributed by atoms with Crippen LogP contribution < -0.4 is 15.7 Å². The molecule has 1 amide bonds. The van der Waals surface area contributed by atoms with E-state index in [4.69, 9.17) is 10.9 Å². The van der Waals surface area contributed by atoms with Crippen molar-refractivity contribution in [2.75, 3.05) is 0 Å². The zero-order valence-electron chi connectivity index (χ0n) is 7.74. The van der Waals surface area contributed by atoms with E-state index in [1.54, 1.807) is 0 Å². The minimum atomic E-state index is -3.89. The van der Waals surface area contributed by atoms with Gasteiger partial charge in [-0.2, -0.15) is 4.99 Å². The Morgan fingerprint density at radius 2 is 2.27 bits per heavy atom. The zero-order valence-corrected chi connectivity index (χ0v) is 9.38. The summed E-state index contributed by atoms with van der Waals surface area (Å²) in [4.78, 5) is 14.4. The molecular weight excluding hydrogens is 242 g/mol. The Kier molecular flexibility index (Phi) is 3.34. The first-order chi connectivity index (χ1) is 6.84. The van der Waals surface area contributed by atoms with Gasteiger partial charge >= 0.3 is 0 Å². The van der Waals surface area contributed by atoms with Gasteiger partial charge in [0.25, 0.3) is 10.0 Å². The molecule has 0 fully saturated rings. The number of sulfonamides is 1. The van der Waals surface area contributed by atoms with Gasteiger partial charge in [0.15, 0.2) is 0 Å². The fraction of sp³-hybridized carbons (Fsp3) is 0.400. The molecule has 4 N–H and O–H groups in total. The van der Waals surface area contributed by atoms with Gasteiger partial charge in [0.05, 0.1) is 6.67 Å². The molecule has 0 atom stereocenters. The van der Waals surface area contributed by atoms with Crippen LogP contribution in [0.1, 0.15) is 6.92 Å². The first-order valence-electron chi connectivity index (χ1n) is 3.70. The average Bonchev–Trinajstić information content (AvgIpc) is 2.45. The van der Waals surface area contributed by atoms with Crippen LogP contribution >= 0.6 is 11.3 Å². The second-order valence-corrected chi connectivity index (χ2v) is 5.20. The molecule has 0 saturated carbocycles. The molecule has 1 rings (SSSR count). The molecule has 0 spiro atoms. The number of carbonyl (C=O) groups excluding carboxylic acids is 1. The van der Waals surface area contributed by atoms with Crippen LogP contribution in [0.15, 0.2) is 9.33 Å². The summed E-state index contributed by atoms with van der Waals surface area (Å²) in [5.41, 5.74) is 5.28. The van der Waals surface area contributed by atoms with Crippen LogP contribution in [0.3, 0.4) is 0 Å². The number of hydrogen-bond acceptors (Lipinski definition) is 6. The molecule has 8 nitrogen and oxygen atoms in total. The van der Waals surface area contributed by atoms with Crippen molar-refractivity contribution in [3.05, 3.63) is 4.80 Å². The Labute approximate surface area is 89.3 Å². The first kappa shape index (κ1) is 12.0. The van der Waals surface area contributed by atoms with Crippen LogP contribution in [-0.4, -0.2) is 24.1 Å². The molecular formula is C5H9N5O3S2. The summed E-state index contributed by atoms with van der Waals surface area (Å²) >= 11 is 0.691. The second-order valence-electron chi connectivity index (χ2n) is 2.51. The predicted octanol–water partition coefficient (Wildman–Crippen LogP) is -2.04. The van der Waals surface area contributed by atoms with Crippen molar-refractivity contribution in [3.63, 3.8) is 0 Å². The normalized spacial score (nSPS) is 13.1. The van der Waals surface area contributed by atoms with Crippen LogP contribution in [0.5, 0.6) is 0 Å². The highest BCUT2D eigenvalue weighted by Crippen LogP contribution is 2.04. The molecule has 0 radical (unpaired) electrons. The molecule has 0 unspecified atom stereocenters. The SMILES string of the molecule is CC(=O)N=c1sc(S(N)(=O)=O)nn1CN. The van der Waals surface area contributed by atoms with Crippen LogP contribution in [0, 0.1) is 0 Å². The number of amides is 1. The van der Waals surface area contributed by atoms with Gasteiger partial charge in [-0.3, -0.25) is 4.79 Å².